The molecular formula is C16H24O3. The number of benzene rings is 1. The van der Waals surface area contributed by atoms with Crippen molar-refractivity contribution in [3.63, 3.8) is 0 Å². The van der Waals surface area contributed by atoms with Gasteiger partial charge in [0, 0.05) is 0 Å². The highest BCUT2D eigenvalue weighted by Gasteiger charge is 2.23. The maximum atomic E-state index is 11.1. The molecule has 0 bridgehead atoms. The smallest absolute Gasteiger partial charge is 0.306 e. The molecule has 106 valence electrons. The zero-order chi connectivity index (χ0) is 14.3. The van der Waals surface area contributed by atoms with Crippen molar-refractivity contribution in [2.75, 3.05) is 6.61 Å². The Balaban J connectivity index is 2.81. The molecule has 1 aromatic carbocycles. The SMILES string of the molecule is CCCCOc1cccc([C@H](CC)[C@@H](C)C(=O)O)c1. The number of rotatable bonds is 8. The standard InChI is InChI=1S/C16H24O3/c1-4-6-10-19-14-9-7-8-13(11-14)15(5-2)12(3)16(17)18/h7-9,11-12,15H,4-6,10H2,1-3H3,(H,17,18)/t12-,15-/m1/s1. The van der Waals surface area contributed by atoms with Gasteiger partial charge in [0.15, 0.2) is 0 Å². The first-order chi connectivity index (χ1) is 9.10. The van der Waals surface area contributed by atoms with Gasteiger partial charge in [0.1, 0.15) is 5.75 Å². The molecule has 0 amide bonds. The topological polar surface area (TPSA) is 46.5 Å². The molecule has 1 N–H and O–H groups in total. The first-order valence-corrected chi connectivity index (χ1v) is 7.05. The number of carbonyl (C=O) groups is 1. The molecular weight excluding hydrogens is 240 g/mol. The van der Waals surface area contributed by atoms with Gasteiger partial charge in [0.25, 0.3) is 0 Å². The van der Waals surface area contributed by atoms with Gasteiger partial charge in [-0.1, -0.05) is 39.3 Å². The van der Waals surface area contributed by atoms with E-state index in [2.05, 4.69) is 6.92 Å². The van der Waals surface area contributed by atoms with E-state index < -0.39 is 5.97 Å². The Bertz CT molecular complexity index is 401. The third kappa shape index (κ3) is 4.58. The maximum absolute atomic E-state index is 11.1. The predicted molar refractivity (Wildman–Crippen MR) is 76.7 cm³/mol. The lowest BCUT2D eigenvalue weighted by Crippen LogP contribution is -2.18. The first-order valence-electron chi connectivity index (χ1n) is 7.05. The van der Waals surface area contributed by atoms with Gasteiger partial charge in [-0.15, -0.1) is 0 Å². The summed E-state index contributed by atoms with van der Waals surface area (Å²) in [6, 6.07) is 7.83. The highest BCUT2D eigenvalue weighted by atomic mass is 16.5. The highest BCUT2D eigenvalue weighted by Crippen LogP contribution is 2.30. The van der Waals surface area contributed by atoms with Gasteiger partial charge < -0.3 is 9.84 Å². The van der Waals surface area contributed by atoms with Crippen molar-refractivity contribution in [3.8, 4) is 5.75 Å². The van der Waals surface area contributed by atoms with Crippen LogP contribution < -0.4 is 4.74 Å². The van der Waals surface area contributed by atoms with Gasteiger partial charge >= 0.3 is 5.97 Å². The van der Waals surface area contributed by atoms with E-state index in [-0.39, 0.29) is 11.8 Å². The van der Waals surface area contributed by atoms with E-state index in [4.69, 9.17) is 9.84 Å². The van der Waals surface area contributed by atoms with E-state index in [1.807, 2.05) is 31.2 Å². The monoisotopic (exact) mass is 264 g/mol. The van der Waals surface area contributed by atoms with Gasteiger partial charge in [-0.2, -0.15) is 0 Å². The molecule has 0 spiro atoms. The summed E-state index contributed by atoms with van der Waals surface area (Å²) in [6.45, 7) is 6.63. The van der Waals surface area contributed by atoms with Crippen LogP contribution in [-0.4, -0.2) is 17.7 Å². The average Bonchev–Trinajstić information content (AvgIpc) is 2.40. The van der Waals surface area contributed by atoms with Crippen molar-refractivity contribution >= 4 is 5.97 Å². The molecule has 2 atom stereocenters. The van der Waals surface area contributed by atoms with Crippen LogP contribution in [0, 0.1) is 5.92 Å². The van der Waals surface area contributed by atoms with Gasteiger partial charge in [-0.05, 0) is 36.5 Å². The van der Waals surface area contributed by atoms with Crippen molar-refractivity contribution in [2.24, 2.45) is 5.92 Å². The van der Waals surface area contributed by atoms with E-state index in [1.165, 1.54) is 0 Å². The molecule has 3 heteroatoms. The van der Waals surface area contributed by atoms with Crippen molar-refractivity contribution in [2.45, 2.75) is 46.0 Å². The molecule has 0 radical (unpaired) electrons. The average molecular weight is 264 g/mol. The molecule has 1 aromatic rings. The molecule has 0 unspecified atom stereocenters. The highest BCUT2D eigenvalue weighted by molar-refractivity contribution is 5.71. The van der Waals surface area contributed by atoms with Gasteiger partial charge in [0.05, 0.1) is 12.5 Å². The maximum Gasteiger partial charge on any atom is 0.306 e. The lowest BCUT2D eigenvalue weighted by molar-refractivity contribution is -0.141. The first kappa shape index (κ1) is 15.5. The fourth-order valence-corrected chi connectivity index (χ4v) is 2.22. The normalized spacial score (nSPS) is 13.8. The van der Waals surface area contributed by atoms with Crippen LogP contribution in [0.5, 0.6) is 5.75 Å². The molecule has 1 rings (SSSR count). The summed E-state index contributed by atoms with van der Waals surface area (Å²) < 4.78 is 5.67. The molecule has 3 nitrogen and oxygen atoms in total. The Morgan fingerprint density at radius 3 is 2.68 bits per heavy atom. The Labute approximate surface area is 115 Å². The van der Waals surface area contributed by atoms with Crippen molar-refractivity contribution in [1.29, 1.82) is 0 Å². The van der Waals surface area contributed by atoms with E-state index >= 15 is 0 Å². The number of hydrogen-bond donors (Lipinski definition) is 1. The summed E-state index contributed by atoms with van der Waals surface area (Å²) in [6.07, 6.45) is 2.95. The third-order valence-electron chi connectivity index (χ3n) is 3.49. The van der Waals surface area contributed by atoms with Crippen LogP contribution in [0.3, 0.4) is 0 Å². The fraction of sp³-hybridized carbons (Fsp3) is 0.562. The molecule has 0 fully saturated rings. The molecule has 0 saturated carbocycles. The molecule has 0 heterocycles. The van der Waals surface area contributed by atoms with E-state index in [9.17, 15) is 4.79 Å². The predicted octanol–water partition coefficient (Wildman–Crippen LogP) is 4.08. The molecule has 0 aliphatic heterocycles. The second-order valence-corrected chi connectivity index (χ2v) is 4.92. The van der Waals surface area contributed by atoms with Crippen molar-refractivity contribution in [1.82, 2.24) is 0 Å². The third-order valence-corrected chi connectivity index (χ3v) is 3.49. The van der Waals surface area contributed by atoms with Crippen LogP contribution >= 0.6 is 0 Å². The Morgan fingerprint density at radius 2 is 2.11 bits per heavy atom. The Hall–Kier alpha value is -1.51. The summed E-state index contributed by atoms with van der Waals surface area (Å²) in [5.74, 6) is -0.255. The zero-order valence-electron chi connectivity index (χ0n) is 12.1. The summed E-state index contributed by atoms with van der Waals surface area (Å²) in [7, 11) is 0. The Kier molecular flexibility index (Phi) is 6.40. The molecule has 0 saturated heterocycles. The summed E-state index contributed by atoms with van der Waals surface area (Å²) in [5.41, 5.74) is 1.05. The number of carboxylic acids is 1. The summed E-state index contributed by atoms with van der Waals surface area (Å²) in [5, 5.41) is 9.16. The van der Waals surface area contributed by atoms with Gasteiger partial charge in [-0.3, -0.25) is 4.79 Å². The second kappa shape index (κ2) is 7.82. The van der Waals surface area contributed by atoms with Crippen molar-refractivity contribution < 1.29 is 14.6 Å². The number of ether oxygens (including phenoxy) is 1. The van der Waals surface area contributed by atoms with Gasteiger partial charge in [-0.25, -0.2) is 0 Å². The van der Waals surface area contributed by atoms with Crippen LogP contribution in [0.2, 0.25) is 0 Å². The minimum atomic E-state index is -0.746. The molecule has 0 aromatic heterocycles. The number of aliphatic carboxylic acids is 1. The quantitative estimate of drug-likeness (QED) is 0.720. The van der Waals surface area contributed by atoms with E-state index in [0.717, 1.165) is 30.6 Å². The minimum Gasteiger partial charge on any atom is -0.494 e. The zero-order valence-corrected chi connectivity index (χ0v) is 12.1. The van der Waals surface area contributed by atoms with Crippen LogP contribution in [0.25, 0.3) is 0 Å². The largest absolute Gasteiger partial charge is 0.494 e. The van der Waals surface area contributed by atoms with Crippen LogP contribution in [0.15, 0.2) is 24.3 Å². The second-order valence-electron chi connectivity index (χ2n) is 4.92. The molecule has 0 aliphatic rings. The number of unbranched alkanes of at least 4 members (excludes halogenated alkanes) is 1. The summed E-state index contributed by atoms with van der Waals surface area (Å²) in [4.78, 5) is 11.1. The minimum absolute atomic E-state index is 0.0345. The Morgan fingerprint density at radius 1 is 1.37 bits per heavy atom. The lowest BCUT2D eigenvalue weighted by Gasteiger charge is -2.20. The molecule has 19 heavy (non-hydrogen) atoms. The van der Waals surface area contributed by atoms with Crippen molar-refractivity contribution in [3.05, 3.63) is 29.8 Å². The lowest BCUT2D eigenvalue weighted by atomic mass is 9.85. The van der Waals surface area contributed by atoms with E-state index in [1.54, 1.807) is 6.92 Å². The van der Waals surface area contributed by atoms with Crippen LogP contribution in [0.1, 0.15) is 51.5 Å². The number of carboxylic acid groups (broad SMARTS) is 1. The number of hydrogen-bond acceptors (Lipinski definition) is 2. The fourth-order valence-electron chi connectivity index (χ4n) is 2.22. The van der Waals surface area contributed by atoms with Crippen LogP contribution in [0.4, 0.5) is 0 Å². The van der Waals surface area contributed by atoms with E-state index in [0.29, 0.717) is 6.61 Å². The van der Waals surface area contributed by atoms with Crippen LogP contribution in [-0.2, 0) is 4.79 Å². The molecule has 0 aliphatic carbocycles. The summed E-state index contributed by atoms with van der Waals surface area (Å²) >= 11 is 0. The van der Waals surface area contributed by atoms with Gasteiger partial charge in [0.2, 0.25) is 0 Å².